The molecular weight excluding hydrogens is 284 g/mol. The molecule has 0 aliphatic heterocycles. The van der Waals surface area contributed by atoms with E-state index in [2.05, 4.69) is 27.7 Å². The van der Waals surface area contributed by atoms with Gasteiger partial charge in [-0.1, -0.05) is 20.3 Å². The summed E-state index contributed by atoms with van der Waals surface area (Å²) in [6.45, 7) is 9.05. The Morgan fingerprint density at radius 3 is 2.17 bits per heavy atom. The molecule has 0 unspecified atom stereocenters. The first-order valence-corrected chi connectivity index (χ1v) is 10.1. The van der Waals surface area contributed by atoms with E-state index in [1.807, 2.05) is 0 Å². The molecule has 0 bridgehead atoms. The Morgan fingerprint density at radius 1 is 0.739 bits per heavy atom. The van der Waals surface area contributed by atoms with E-state index >= 15 is 0 Å². The predicted molar refractivity (Wildman–Crippen MR) is 93.0 cm³/mol. The molecule has 0 amide bonds. The second-order valence-electron chi connectivity index (χ2n) is 10.5. The highest BCUT2D eigenvalue weighted by Gasteiger charge is 2.64. The van der Waals surface area contributed by atoms with E-state index < -0.39 is 11.2 Å². The molecule has 132 valence electrons. The maximum atomic E-state index is 11.0. The highest BCUT2D eigenvalue weighted by molar-refractivity contribution is 5.14. The Bertz CT molecular complexity index is 496. The lowest BCUT2D eigenvalue weighted by molar-refractivity contribution is -0.189. The number of rotatable bonds is 0. The number of fused-ring (bicyclic) bond motifs is 5. The van der Waals surface area contributed by atoms with Crippen LogP contribution < -0.4 is 0 Å². The molecule has 0 aromatic carbocycles. The molecule has 8 atom stereocenters. The zero-order valence-electron chi connectivity index (χ0n) is 15.6. The van der Waals surface area contributed by atoms with Crippen molar-refractivity contribution in [2.24, 2.45) is 34.5 Å². The third kappa shape index (κ3) is 2.00. The fourth-order valence-electron chi connectivity index (χ4n) is 8.08. The maximum Gasteiger partial charge on any atom is 0.0675 e. The van der Waals surface area contributed by atoms with Gasteiger partial charge in [0, 0.05) is 0 Å². The molecule has 4 rings (SSSR count). The standard InChI is InChI=1S/C21H36O2/c1-18-10-5-11-20(3,22)17(18)7-6-14-15(18)8-12-19(2)16(14)9-13-21(19,4)23/h14-17,22-23H,5-13H2,1-4H3/t14-,15+,16+,17-,18-,19+,20+,21+/m1/s1. The van der Waals surface area contributed by atoms with Crippen LogP contribution in [0.15, 0.2) is 0 Å². The largest absolute Gasteiger partial charge is 0.390 e. The van der Waals surface area contributed by atoms with Gasteiger partial charge in [0.05, 0.1) is 11.2 Å². The molecule has 0 heterocycles. The monoisotopic (exact) mass is 320 g/mol. The molecule has 0 spiro atoms. The van der Waals surface area contributed by atoms with Crippen LogP contribution in [0.2, 0.25) is 0 Å². The van der Waals surface area contributed by atoms with Crippen molar-refractivity contribution in [1.29, 1.82) is 0 Å². The molecule has 2 nitrogen and oxygen atoms in total. The van der Waals surface area contributed by atoms with Crippen LogP contribution in [0.3, 0.4) is 0 Å². The molecule has 2 heteroatoms. The van der Waals surface area contributed by atoms with Gasteiger partial charge in [0.25, 0.3) is 0 Å². The number of aliphatic hydroxyl groups is 2. The average molecular weight is 321 g/mol. The maximum absolute atomic E-state index is 11.0. The molecule has 0 saturated heterocycles. The quantitative estimate of drug-likeness (QED) is 0.688. The van der Waals surface area contributed by atoms with Crippen LogP contribution in [-0.2, 0) is 0 Å². The van der Waals surface area contributed by atoms with E-state index in [9.17, 15) is 10.2 Å². The van der Waals surface area contributed by atoms with E-state index in [1.165, 1.54) is 44.9 Å². The minimum atomic E-state index is -0.474. The predicted octanol–water partition coefficient (Wildman–Crippen LogP) is 4.53. The summed E-state index contributed by atoms with van der Waals surface area (Å²) in [7, 11) is 0. The van der Waals surface area contributed by atoms with Gasteiger partial charge in [-0.15, -0.1) is 0 Å². The van der Waals surface area contributed by atoms with Crippen molar-refractivity contribution in [2.75, 3.05) is 0 Å². The van der Waals surface area contributed by atoms with Crippen molar-refractivity contribution in [3.05, 3.63) is 0 Å². The molecule has 23 heavy (non-hydrogen) atoms. The first-order valence-electron chi connectivity index (χ1n) is 10.1. The van der Waals surface area contributed by atoms with E-state index in [0.29, 0.717) is 17.3 Å². The van der Waals surface area contributed by atoms with Gasteiger partial charge >= 0.3 is 0 Å². The third-order valence-electron chi connectivity index (χ3n) is 9.58. The van der Waals surface area contributed by atoms with Gasteiger partial charge in [-0.3, -0.25) is 0 Å². The first kappa shape index (κ1) is 16.4. The second-order valence-corrected chi connectivity index (χ2v) is 10.5. The first-order chi connectivity index (χ1) is 10.6. The minimum Gasteiger partial charge on any atom is -0.390 e. The highest BCUT2D eigenvalue weighted by Crippen LogP contribution is 2.69. The van der Waals surface area contributed by atoms with Crippen LogP contribution in [0.25, 0.3) is 0 Å². The zero-order valence-corrected chi connectivity index (χ0v) is 15.6. The van der Waals surface area contributed by atoms with E-state index in [0.717, 1.165) is 24.7 Å². The van der Waals surface area contributed by atoms with Crippen molar-refractivity contribution in [1.82, 2.24) is 0 Å². The summed E-state index contributed by atoms with van der Waals surface area (Å²) >= 11 is 0. The molecule has 4 saturated carbocycles. The van der Waals surface area contributed by atoms with Crippen molar-refractivity contribution >= 4 is 0 Å². The fraction of sp³-hybridized carbons (Fsp3) is 1.00. The van der Waals surface area contributed by atoms with Crippen LogP contribution in [0.1, 0.15) is 85.5 Å². The molecule has 4 aliphatic rings. The molecule has 4 fully saturated rings. The summed E-state index contributed by atoms with van der Waals surface area (Å²) in [5, 5.41) is 22.0. The van der Waals surface area contributed by atoms with Gasteiger partial charge in [0.2, 0.25) is 0 Å². The Morgan fingerprint density at radius 2 is 1.43 bits per heavy atom. The van der Waals surface area contributed by atoms with Gasteiger partial charge in [-0.25, -0.2) is 0 Å². The average Bonchev–Trinajstić information content (AvgIpc) is 2.68. The molecule has 0 aromatic heterocycles. The SMILES string of the molecule is C[C@]12CCC[C@](C)(O)[C@@H]1CC[C@@H]1[C@@H]2CC[C@@]2(C)[C@H]1CC[C@]2(C)O. The van der Waals surface area contributed by atoms with Crippen molar-refractivity contribution in [3.8, 4) is 0 Å². The highest BCUT2D eigenvalue weighted by atomic mass is 16.3. The normalized spacial score (nSPS) is 62.3. The van der Waals surface area contributed by atoms with Crippen molar-refractivity contribution in [2.45, 2.75) is 96.7 Å². The van der Waals surface area contributed by atoms with Crippen LogP contribution >= 0.6 is 0 Å². The molecule has 4 aliphatic carbocycles. The third-order valence-corrected chi connectivity index (χ3v) is 9.58. The Hall–Kier alpha value is -0.0800. The van der Waals surface area contributed by atoms with E-state index in [4.69, 9.17) is 0 Å². The van der Waals surface area contributed by atoms with Crippen LogP contribution in [0.4, 0.5) is 0 Å². The summed E-state index contributed by atoms with van der Waals surface area (Å²) in [4.78, 5) is 0. The Kier molecular flexibility index (Phi) is 3.39. The van der Waals surface area contributed by atoms with Crippen LogP contribution in [0, 0.1) is 34.5 Å². The van der Waals surface area contributed by atoms with Gasteiger partial charge in [-0.05, 0) is 99.7 Å². The summed E-state index contributed by atoms with van der Waals surface area (Å²) in [5.41, 5.74) is -0.493. The number of hydrogen-bond donors (Lipinski definition) is 2. The van der Waals surface area contributed by atoms with Crippen LogP contribution in [-0.4, -0.2) is 21.4 Å². The Labute approximate surface area is 142 Å². The lowest BCUT2D eigenvalue weighted by atomic mass is 9.43. The molecular formula is C21H36O2. The summed E-state index contributed by atoms with van der Waals surface area (Å²) in [6.07, 6.45) is 10.6. The zero-order chi connectivity index (χ0) is 16.7. The fourth-order valence-corrected chi connectivity index (χ4v) is 8.08. The van der Waals surface area contributed by atoms with E-state index in [1.54, 1.807) is 0 Å². The van der Waals surface area contributed by atoms with Gasteiger partial charge in [0.1, 0.15) is 0 Å². The second kappa shape index (κ2) is 4.75. The molecule has 0 radical (unpaired) electrons. The van der Waals surface area contributed by atoms with Gasteiger partial charge in [-0.2, -0.15) is 0 Å². The van der Waals surface area contributed by atoms with E-state index in [-0.39, 0.29) is 5.41 Å². The van der Waals surface area contributed by atoms with Crippen LogP contribution in [0.5, 0.6) is 0 Å². The smallest absolute Gasteiger partial charge is 0.0675 e. The number of hydrogen-bond acceptors (Lipinski definition) is 2. The van der Waals surface area contributed by atoms with Crippen molar-refractivity contribution in [3.63, 3.8) is 0 Å². The van der Waals surface area contributed by atoms with Gasteiger partial charge in [0.15, 0.2) is 0 Å². The summed E-state index contributed by atoms with van der Waals surface area (Å²) in [6, 6.07) is 0. The minimum absolute atomic E-state index is 0.120. The lowest BCUT2D eigenvalue weighted by Crippen LogP contribution is -2.59. The summed E-state index contributed by atoms with van der Waals surface area (Å²) in [5.74, 6) is 2.72. The molecule has 2 N–H and O–H groups in total. The molecule has 0 aromatic rings. The lowest BCUT2D eigenvalue weighted by Gasteiger charge is -2.63. The van der Waals surface area contributed by atoms with Crippen molar-refractivity contribution < 1.29 is 10.2 Å². The Balaban J connectivity index is 1.68. The van der Waals surface area contributed by atoms with Gasteiger partial charge < -0.3 is 10.2 Å². The summed E-state index contributed by atoms with van der Waals surface area (Å²) < 4.78 is 0. The topological polar surface area (TPSA) is 40.5 Å².